The van der Waals surface area contributed by atoms with E-state index in [1.54, 1.807) is 11.3 Å². The van der Waals surface area contributed by atoms with Crippen molar-refractivity contribution in [1.82, 2.24) is 9.97 Å². The van der Waals surface area contributed by atoms with Crippen molar-refractivity contribution < 1.29 is 0 Å². The standard InChI is InChI=1S/C25H18N2S2/c1-15-12-14-29-25(15)24-23(20-11-6-13-28-20)26-21-18-9-4-2-7-16(18)17-8-3-5-10-19(17)22(21)27-24/h2-15,25H,1H3. The van der Waals surface area contributed by atoms with Crippen molar-refractivity contribution in [1.29, 1.82) is 0 Å². The molecule has 0 saturated carbocycles. The third-order valence-electron chi connectivity index (χ3n) is 5.69. The van der Waals surface area contributed by atoms with Crippen molar-refractivity contribution in [3.8, 4) is 10.6 Å². The van der Waals surface area contributed by atoms with Gasteiger partial charge in [-0.15, -0.1) is 23.1 Å². The molecule has 2 unspecified atom stereocenters. The Morgan fingerprint density at radius 1 is 0.759 bits per heavy atom. The summed E-state index contributed by atoms with van der Waals surface area (Å²) in [6.07, 6.45) is 2.28. The molecule has 4 heteroatoms. The van der Waals surface area contributed by atoms with Crippen molar-refractivity contribution in [2.75, 3.05) is 0 Å². The number of rotatable bonds is 2. The molecule has 0 radical (unpaired) electrons. The first-order chi connectivity index (χ1) is 14.3. The van der Waals surface area contributed by atoms with E-state index in [4.69, 9.17) is 9.97 Å². The molecule has 5 aromatic rings. The highest BCUT2D eigenvalue weighted by Crippen LogP contribution is 2.46. The van der Waals surface area contributed by atoms with Crippen LogP contribution in [0.5, 0.6) is 0 Å². The highest BCUT2D eigenvalue weighted by atomic mass is 32.2. The van der Waals surface area contributed by atoms with Crippen molar-refractivity contribution >= 4 is 55.7 Å². The molecule has 2 nitrogen and oxygen atoms in total. The number of allylic oxidation sites excluding steroid dienone is 1. The molecule has 0 spiro atoms. The molecule has 0 fully saturated rings. The van der Waals surface area contributed by atoms with Gasteiger partial charge in [0.25, 0.3) is 0 Å². The molecule has 2 aromatic heterocycles. The fraction of sp³-hybridized carbons (Fsp3) is 0.120. The lowest BCUT2D eigenvalue weighted by atomic mass is 9.98. The quantitative estimate of drug-likeness (QED) is 0.280. The third-order valence-corrected chi connectivity index (χ3v) is 7.82. The van der Waals surface area contributed by atoms with E-state index >= 15 is 0 Å². The summed E-state index contributed by atoms with van der Waals surface area (Å²) in [6.45, 7) is 2.27. The highest BCUT2D eigenvalue weighted by Gasteiger charge is 2.28. The zero-order valence-electron chi connectivity index (χ0n) is 15.9. The summed E-state index contributed by atoms with van der Waals surface area (Å²) in [5.41, 5.74) is 4.13. The fourth-order valence-electron chi connectivity index (χ4n) is 4.26. The second-order valence-electron chi connectivity index (χ2n) is 7.47. The number of thioether (sulfide) groups is 1. The predicted molar refractivity (Wildman–Crippen MR) is 126 cm³/mol. The largest absolute Gasteiger partial charge is 0.247 e. The van der Waals surface area contributed by atoms with Crippen molar-refractivity contribution in [2.45, 2.75) is 12.2 Å². The predicted octanol–water partition coefficient (Wildman–Crippen LogP) is 7.60. The van der Waals surface area contributed by atoms with Crippen LogP contribution in [-0.4, -0.2) is 9.97 Å². The van der Waals surface area contributed by atoms with E-state index in [1.165, 1.54) is 26.4 Å². The molecule has 1 aliphatic rings. The summed E-state index contributed by atoms with van der Waals surface area (Å²) >= 11 is 3.59. The van der Waals surface area contributed by atoms with E-state index < -0.39 is 0 Å². The summed E-state index contributed by atoms with van der Waals surface area (Å²) in [7, 11) is 0. The zero-order chi connectivity index (χ0) is 19.4. The molecule has 0 aliphatic carbocycles. The van der Waals surface area contributed by atoms with Gasteiger partial charge in [0, 0.05) is 10.8 Å². The fourth-order valence-corrected chi connectivity index (χ4v) is 6.12. The number of fused-ring (bicyclic) bond motifs is 6. The number of aromatic nitrogens is 2. The Labute approximate surface area is 177 Å². The topological polar surface area (TPSA) is 25.8 Å². The number of nitrogens with zero attached hydrogens (tertiary/aromatic N) is 2. The molecule has 140 valence electrons. The Balaban J connectivity index is 1.79. The summed E-state index contributed by atoms with van der Waals surface area (Å²) in [4.78, 5) is 11.8. The first-order valence-corrected chi connectivity index (χ1v) is 11.6. The molecule has 1 aliphatic heterocycles. The van der Waals surface area contributed by atoms with Gasteiger partial charge in [0.05, 0.1) is 26.9 Å². The van der Waals surface area contributed by atoms with E-state index in [9.17, 15) is 0 Å². The van der Waals surface area contributed by atoms with Gasteiger partial charge in [-0.25, -0.2) is 9.97 Å². The minimum Gasteiger partial charge on any atom is -0.247 e. The van der Waals surface area contributed by atoms with Crippen LogP contribution in [0.25, 0.3) is 43.1 Å². The Hall–Kier alpha value is -2.69. The Morgan fingerprint density at radius 3 is 2.00 bits per heavy atom. The highest BCUT2D eigenvalue weighted by molar-refractivity contribution is 8.02. The SMILES string of the molecule is CC1C=CSC1c1nc2c3ccccc3c3ccccc3c2nc1-c1cccs1. The lowest BCUT2D eigenvalue weighted by Gasteiger charge is -2.19. The Bertz CT molecular complexity index is 1400. The number of hydrogen-bond acceptors (Lipinski definition) is 4. The first-order valence-electron chi connectivity index (χ1n) is 9.78. The van der Waals surface area contributed by atoms with E-state index in [1.807, 2.05) is 11.8 Å². The molecule has 0 bridgehead atoms. The minimum absolute atomic E-state index is 0.300. The molecular weight excluding hydrogens is 392 g/mol. The van der Waals surface area contributed by atoms with Crippen LogP contribution in [0.2, 0.25) is 0 Å². The molecule has 3 aromatic carbocycles. The average molecular weight is 411 g/mol. The van der Waals surface area contributed by atoms with Gasteiger partial charge in [0.2, 0.25) is 0 Å². The van der Waals surface area contributed by atoms with Crippen LogP contribution in [0, 0.1) is 5.92 Å². The van der Waals surface area contributed by atoms with Crippen LogP contribution in [0.4, 0.5) is 0 Å². The van der Waals surface area contributed by atoms with Gasteiger partial charge in [0.15, 0.2) is 0 Å². The second-order valence-corrected chi connectivity index (χ2v) is 9.47. The smallest absolute Gasteiger partial charge is 0.104 e. The molecule has 6 rings (SSSR count). The molecule has 29 heavy (non-hydrogen) atoms. The molecule has 0 amide bonds. The maximum absolute atomic E-state index is 5.33. The van der Waals surface area contributed by atoms with Crippen LogP contribution < -0.4 is 0 Å². The Morgan fingerprint density at radius 2 is 1.41 bits per heavy atom. The summed E-state index contributed by atoms with van der Waals surface area (Å²) in [6, 6.07) is 21.4. The van der Waals surface area contributed by atoms with Crippen LogP contribution in [-0.2, 0) is 0 Å². The minimum atomic E-state index is 0.300. The van der Waals surface area contributed by atoms with Gasteiger partial charge < -0.3 is 0 Å². The van der Waals surface area contributed by atoms with Gasteiger partial charge in [-0.05, 0) is 33.5 Å². The molecule has 3 heterocycles. The first kappa shape index (κ1) is 17.2. The number of hydrogen-bond donors (Lipinski definition) is 0. The van der Waals surface area contributed by atoms with Crippen molar-refractivity contribution in [3.63, 3.8) is 0 Å². The average Bonchev–Trinajstić information content (AvgIpc) is 3.45. The van der Waals surface area contributed by atoms with Crippen LogP contribution in [0.1, 0.15) is 17.9 Å². The van der Waals surface area contributed by atoms with E-state index in [0.29, 0.717) is 11.2 Å². The molecule has 0 saturated heterocycles. The maximum Gasteiger partial charge on any atom is 0.104 e. The summed E-state index contributed by atoms with van der Waals surface area (Å²) < 4.78 is 0. The normalized spacial score (nSPS) is 18.9. The van der Waals surface area contributed by atoms with Gasteiger partial charge in [-0.1, -0.05) is 67.6 Å². The van der Waals surface area contributed by atoms with Crippen LogP contribution >= 0.6 is 23.1 Å². The molecular formula is C25H18N2S2. The lowest BCUT2D eigenvalue weighted by Crippen LogP contribution is -2.07. The lowest BCUT2D eigenvalue weighted by molar-refractivity contribution is 0.704. The zero-order valence-corrected chi connectivity index (χ0v) is 17.5. The Kier molecular flexibility index (Phi) is 3.96. The van der Waals surface area contributed by atoms with Gasteiger partial charge in [-0.3, -0.25) is 0 Å². The van der Waals surface area contributed by atoms with Gasteiger partial charge >= 0.3 is 0 Å². The van der Waals surface area contributed by atoms with Gasteiger partial charge in [0.1, 0.15) is 5.69 Å². The second kappa shape index (κ2) is 6.68. The van der Waals surface area contributed by atoms with Crippen LogP contribution in [0.3, 0.4) is 0 Å². The van der Waals surface area contributed by atoms with E-state index in [0.717, 1.165) is 22.4 Å². The number of benzene rings is 3. The van der Waals surface area contributed by atoms with Crippen molar-refractivity contribution in [2.24, 2.45) is 5.92 Å². The van der Waals surface area contributed by atoms with Crippen LogP contribution in [0.15, 0.2) is 77.5 Å². The monoisotopic (exact) mass is 410 g/mol. The van der Waals surface area contributed by atoms with Gasteiger partial charge in [-0.2, -0.15) is 0 Å². The number of thiophene rings is 1. The summed E-state index contributed by atoms with van der Waals surface area (Å²) in [5, 5.41) is 9.45. The third kappa shape index (κ3) is 2.63. The maximum atomic E-state index is 5.33. The van der Waals surface area contributed by atoms with E-state index in [2.05, 4.69) is 84.5 Å². The van der Waals surface area contributed by atoms with E-state index in [-0.39, 0.29) is 0 Å². The summed E-state index contributed by atoms with van der Waals surface area (Å²) in [5.74, 6) is 0.442. The molecule has 0 N–H and O–H groups in total. The van der Waals surface area contributed by atoms with Crippen molar-refractivity contribution in [3.05, 3.63) is 83.2 Å². The molecule has 2 atom stereocenters.